The van der Waals surface area contributed by atoms with E-state index in [0.717, 1.165) is 31.4 Å². The van der Waals surface area contributed by atoms with Crippen molar-refractivity contribution >= 4 is 48.9 Å². The lowest BCUT2D eigenvalue weighted by molar-refractivity contribution is -0.114. The number of hydrogen-bond acceptors (Lipinski definition) is 7. The highest BCUT2D eigenvalue weighted by Gasteiger charge is 2.30. The quantitative estimate of drug-likeness (QED) is 0.340. The van der Waals surface area contributed by atoms with Gasteiger partial charge < -0.3 is 14.8 Å². The number of aryl methyl sites for hydroxylation is 2. The zero-order valence-electron chi connectivity index (χ0n) is 20.8. The molecule has 1 N–H and O–H groups in total. The number of sulfonamides is 1. The van der Waals surface area contributed by atoms with E-state index >= 15 is 0 Å². The summed E-state index contributed by atoms with van der Waals surface area (Å²) in [5.41, 5.74) is 2.29. The molecule has 0 aliphatic heterocycles. The van der Waals surface area contributed by atoms with Gasteiger partial charge in [0.25, 0.3) is 10.0 Å². The monoisotopic (exact) mass is 541 g/mol. The van der Waals surface area contributed by atoms with E-state index in [1.807, 2.05) is 13.8 Å². The molecule has 4 rings (SSSR count). The van der Waals surface area contributed by atoms with Gasteiger partial charge in [-0.3, -0.25) is 18.5 Å². The molecular weight excluding hydrogens is 514 g/mol. The first-order chi connectivity index (χ1) is 17.7. The van der Waals surface area contributed by atoms with Gasteiger partial charge in [0, 0.05) is 18.3 Å². The van der Waals surface area contributed by atoms with Crippen LogP contribution in [0.2, 0.25) is 0 Å². The van der Waals surface area contributed by atoms with E-state index in [2.05, 4.69) is 5.32 Å². The van der Waals surface area contributed by atoms with Crippen molar-refractivity contribution in [1.29, 1.82) is 0 Å². The third-order valence-electron chi connectivity index (χ3n) is 5.82. The van der Waals surface area contributed by atoms with Gasteiger partial charge in [0.1, 0.15) is 18.0 Å². The van der Waals surface area contributed by atoms with Crippen LogP contribution >= 0.6 is 11.3 Å². The van der Waals surface area contributed by atoms with Gasteiger partial charge in [-0.25, -0.2) is 8.42 Å². The molecule has 0 spiro atoms. The van der Waals surface area contributed by atoms with Crippen LogP contribution in [0.15, 0.2) is 70.4 Å². The van der Waals surface area contributed by atoms with Gasteiger partial charge in [0.2, 0.25) is 5.91 Å². The number of amides is 1. The van der Waals surface area contributed by atoms with Gasteiger partial charge >= 0.3 is 4.87 Å². The van der Waals surface area contributed by atoms with Gasteiger partial charge in [-0.15, -0.1) is 0 Å². The molecule has 4 aromatic rings. The van der Waals surface area contributed by atoms with Crippen molar-refractivity contribution in [2.45, 2.75) is 25.3 Å². The van der Waals surface area contributed by atoms with E-state index in [4.69, 9.17) is 9.47 Å². The summed E-state index contributed by atoms with van der Waals surface area (Å²) in [7, 11) is -1.27. The van der Waals surface area contributed by atoms with Gasteiger partial charge in [0.15, 0.2) is 0 Å². The maximum Gasteiger partial charge on any atom is 0.308 e. The minimum atomic E-state index is -4.16. The maximum atomic E-state index is 13.8. The smallest absolute Gasteiger partial charge is 0.308 e. The number of benzene rings is 3. The molecule has 0 radical (unpaired) electrons. The standard InChI is InChI=1S/C26H27N3O6S2/c1-5-28-21-12-8-18(14-24(21)36-26(28)31)27-25(30)16-29(22-15-19(34-3)9-13-23(22)35-4)37(32,33)20-10-6-17(2)7-11-20/h6-15H,5,16H2,1-4H3,(H,27,30). The third-order valence-corrected chi connectivity index (χ3v) is 8.54. The second kappa shape index (κ2) is 10.7. The molecule has 1 aromatic heterocycles. The summed E-state index contributed by atoms with van der Waals surface area (Å²) >= 11 is 1.09. The first kappa shape index (κ1) is 26.2. The highest BCUT2D eigenvalue weighted by atomic mass is 32.2. The summed E-state index contributed by atoms with van der Waals surface area (Å²) in [6, 6.07) is 16.3. The van der Waals surface area contributed by atoms with E-state index < -0.39 is 22.5 Å². The van der Waals surface area contributed by atoms with Gasteiger partial charge in [-0.2, -0.15) is 0 Å². The Hall–Kier alpha value is -3.83. The molecule has 0 aliphatic carbocycles. The molecule has 0 saturated heterocycles. The van der Waals surface area contributed by atoms with Crippen LogP contribution < -0.4 is 24.0 Å². The minimum Gasteiger partial charge on any atom is -0.497 e. The molecule has 0 bridgehead atoms. The number of methoxy groups -OCH3 is 2. The molecule has 0 fully saturated rings. The zero-order chi connectivity index (χ0) is 26.7. The Kier molecular flexibility index (Phi) is 7.55. The van der Waals surface area contributed by atoms with Gasteiger partial charge in [-0.05, 0) is 56.3 Å². The van der Waals surface area contributed by atoms with Crippen molar-refractivity contribution < 1.29 is 22.7 Å². The van der Waals surface area contributed by atoms with Crippen molar-refractivity contribution in [2.24, 2.45) is 0 Å². The molecule has 194 valence electrons. The topological polar surface area (TPSA) is 107 Å². The number of aromatic nitrogens is 1. The molecule has 1 amide bonds. The zero-order valence-corrected chi connectivity index (χ0v) is 22.5. The fourth-order valence-corrected chi connectivity index (χ4v) is 6.32. The van der Waals surface area contributed by atoms with Crippen LogP contribution in [0.4, 0.5) is 11.4 Å². The van der Waals surface area contributed by atoms with Crippen LogP contribution in [0.25, 0.3) is 10.2 Å². The summed E-state index contributed by atoms with van der Waals surface area (Å²) in [5.74, 6) is 0.0969. The highest BCUT2D eigenvalue weighted by molar-refractivity contribution is 7.92. The lowest BCUT2D eigenvalue weighted by Crippen LogP contribution is -2.38. The number of rotatable bonds is 9. The minimum absolute atomic E-state index is 0.0304. The number of carbonyl (C=O) groups is 1. The normalized spacial score (nSPS) is 11.4. The number of fused-ring (bicyclic) bond motifs is 1. The van der Waals surface area contributed by atoms with Crippen molar-refractivity contribution in [3.63, 3.8) is 0 Å². The van der Waals surface area contributed by atoms with Crippen LogP contribution in [-0.4, -0.2) is 39.7 Å². The number of anilines is 2. The molecule has 0 unspecified atom stereocenters. The second-order valence-corrected chi connectivity index (χ2v) is 11.1. The third kappa shape index (κ3) is 5.32. The van der Waals surface area contributed by atoms with Crippen molar-refractivity contribution in [3.8, 4) is 11.5 Å². The first-order valence-electron chi connectivity index (χ1n) is 11.4. The average Bonchev–Trinajstić information content (AvgIpc) is 3.20. The number of ether oxygens (including phenoxy) is 2. The number of thiazole rings is 1. The Labute approximate surface area is 218 Å². The van der Waals surface area contributed by atoms with Crippen LogP contribution in [0, 0.1) is 6.92 Å². The van der Waals surface area contributed by atoms with Crippen molar-refractivity contribution in [3.05, 3.63) is 75.9 Å². The summed E-state index contributed by atoms with van der Waals surface area (Å²) < 4.78 is 41.6. The largest absolute Gasteiger partial charge is 0.497 e. The summed E-state index contributed by atoms with van der Waals surface area (Å²) in [5, 5.41) is 2.76. The predicted molar refractivity (Wildman–Crippen MR) is 146 cm³/mol. The molecule has 0 aliphatic rings. The van der Waals surface area contributed by atoms with E-state index in [1.54, 1.807) is 47.0 Å². The Morgan fingerprint density at radius 3 is 2.41 bits per heavy atom. The van der Waals surface area contributed by atoms with E-state index in [0.29, 0.717) is 18.0 Å². The van der Waals surface area contributed by atoms with Gasteiger partial charge in [0.05, 0.1) is 35.0 Å². The summed E-state index contributed by atoms with van der Waals surface area (Å²) in [4.78, 5) is 25.3. The molecule has 11 heteroatoms. The highest BCUT2D eigenvalue weighted by Crippen LogP contribution is 2.36. The lowest BCUT2D eigenvalue weighted by Gasteiger charge is -2.26. The van der Waals surface area contributed by atoms with E-state index in [9.17, 15) is 18.0 Å². The van der Waals surface area contributed by atoms with Crippen LogP contribution in [-0.2, 0) is 21.4 Å². The summed E-state index contributed by atoms with van der Waals surface area (Å²) in [6.07, 6.45) is 0. The Morgan fingerprint density at radius 1 is 1.03 bits per heavy atom. The number of carbonyl (C=O) groups excluding carboxylic acids is 1. The SMILES string of the molecule is CCn1c(=O)sc2cc(NC(=O)CN(c3cc(OC)ccc3OC)S(=O)(=O)c3ccc(C)cc3)ccc21. The van der Waals surface area contributed by atoms with Gasteiger partial charge in [-0.1, -0.05) is 29.0 Å². The Morgan fingerprint density at radius 2 is 1.76 bits per heavy atom. The Balaban J connectivity index is 1.72. The van der Waals surface area contributed by atoms with E-state index in [1.165, 1.54) is 32.4 Å². The van der Waals surface area contributed by atoms with Crippen LogP contribution in [0.1, 0.15) is 12.5 Å². The fraction of sp³-hybridized carbons (Fsp3) is 0.231. The number of hydrogen-bond donors (Lipinski definition) is 1. The van der Waals surface area contributed by atoms with Crippen LogP contribution in [0.3, 0.4) is 0 Å². The Bertz CT molecular complexity index is 1610. The average molecular weight is 542 g/mol. The molecule has 0 saturated carbocycles. The lowest BCUT2D eigenvalue weighted by atomic mass is 10.2. The predicted octanol–water partition coefficient (Wildman–Crippen LogP) is 4.24. The molecule has 1 heterocycles. The number of nitrogens with one attached hydrogen (secondary N) is 1. The second-order valence-electron chi connectivity index (χ2n) is 8.21. The molecule has 3 aromatic carbocycles. The van der Waals surface area contributed by atoms with Crippen molar-refractivity contribution in [1.82, 2.24) is 4.57 Å². The first-order valence-corrected chi connectivity index (χ1v) is 13.7. The molecule has 9 nitrogen and oxygen atoms in total. The van der Waals surface area contributed by atoms with Crippen LogP contribution in [0.5, 0.6) is 11.5 Å². The fourth-order valence-electron chi connectivity index (χ4n) is 3.90. The summed E-state index contributed by atoms with van der Waals surface area (Å²) in [6.45, 7) is 3.76. The maximum absolute atomic E-state index is 13.8. The van der Waals surface area contributed by atoms with Crippen molar-refractivity contribution in [2.75, 3.05) is 30.4 Å². The molecular formula is C26H27N3O6S2. The number of nitrogens with zero attached hydrogens (tertiary/aromatic N) is 2. The van der Waals surface area contributed by atoms with E-state index in [-0.39, 0.29) is 21.2 Å². The molecule has 37 heavy (non-hydrogen) atoms. The molecule has 0 atom stereocenters.